The third-order valence-corrected chi connectivity index (χ3v) is 4.17. The summed E-state index contributed by atoms with van der Waals surface area (Å²) >= 11 is 1.07. The van der Waals surface area contributed by atoms with Gasteiger partial charge in [-0.2, -0.15) is 0 Å². The van der Waals surface area contributed by atoms with Crippen LogP contribution in [0.1, 0.15) is 26.4 Å². The van der Waals surface area contributed by atoms with E-state index in [1.54, 1.807) is 18.5 Å². The fourth-order valence-electron chi connectivity index (χ4n) is 2.19. The number of imidazole rings is 1. The van der Waals surface area contributed by atoms with Crippen LogP contribution < -0.4 is 5.32 Å². The summed E-state index contributed by atoms with van der Waals surface area (Å²) < 4.78 is 13.2. The molecule has 0 bridgehead atoms. The Hall–Kier alpha value is -3.00. The first kappa shape index (κ1) is 15.9. The van der Waals surface area contributed by atoms with Crippen molar-refractivity contribution >= 4 is 28.2 Å². The zero-order valence-electron chi connectivity index (χ0n) is 12.5. The van der Waals surface area contributed by atoms with Gasteiger partial charge in [0.1, 0.15) is 22.2 Å². The van der Waals surface area contributed by atoms with E-state index in [1.807, 2.05) is 0 Å². The van der Waals surface area contributed by atoms with Crippen molar-refractivity contribution < 1.29 is 19.1 Å². The molecule has 3 aromatic rings. The van der Waals surface area contributed by atoms with Gasteiger partial charge in [0, 0.05) is 28.4 Å². The maximum atomic E-state index is 13.2. The molecule has 0 saturated heterocycles. The fraction of sp³-hybridized carbons (Fsp3) is 0.0625. The predicted molar refractivity (Wildman–Crippen MR) is 88.0 cm³/mol. The van der Waals surface area contributed by atoms with Gasteiger partial charge in [-0.3, -0.25) is 4.79 Å². The minimum absolute atomic E-state index is 0.0564. The zero-order chi connectivity index (χ0) is 17.3. The number of carbonyl (C=O) groups excluding carboxylic acids is 1. The summed E-state index contributed by atoms with van der Waals surface area (Å²) in [7, 11) is 0. The van der Waals surface area contributed by atoms with E-state index in [2.05, 4.69) is 15.3 Å². The lowest BCUT2D eigenvalue weighted by atomic mass is 10.1. The van der Waals surface area contributed by atoms with Crippen LogP contribution in [0.5, 0.6) is 0 Å². The van der Waals surface area contributed by atoms with E-state index in [0.717, 1.165) is 23.1 Å². The Kier molecular flexibility index (Phi) is 4.13. The highest BCUT2D eigenvalue weighted by Crippen LogP contribution is 2.34. The van der Waals surface area contributed by atoms with Gasteiger partial charge in [0.2, 0.25) is 0 Å². The van der Waals surface area contributed by atoms with Gasteiger partial charge in [0.05, 0.1) is 0 Å². The highest BCUT2D eigenvalue weighted by atomic mass is 32.1. The van der Waals surface area contributed by atoms with Crippen molar-refractivity contribution in [1.29, 1.82) is 0 Å². The molecule has 24 heavy (non-hydrogen) atoms. The third-order valence-electron chi connectivity index (χ3n) is 3.28. The number of carboxylic acid groups (broad SMARTS) is 1. The summed E-state index contributed by atoms with van der Waals surface area (Å²) in [5, 5.41) is 13.8. The van der Waals surface area contributed by atoms with Crippen LogP contribution in [0, 0.1) is 12.7 Å². The van der Waals surface area contributed by atoms with E-state index in [-0.39, 0.29) is 16.1 Å². The summed E-state index contributed by atoms with van der Waals surface area (Å²) in [6, 6.07) is 5.17. The number of halogens is 1. The number of amides is 1. The lowest BCUT2D eigenvalue weighted by Gasteiger charge is -2.05. The van der Waals surface area contributed by atoms with Gasteiger partial charge in [-0.15, -0.1) is 11.3 Å². The number of nitrogens with zero attached hydrogens (tertiary/aromatic N) is 1. The minimum Gasteiger partial charge on any atom is -0.478 e. The van der Waals surface area contributed by atoms with Crippen molar-refractivity contribution in [2.24, 2.45) is 0 Å². The number of anilines is 1. The lowest BCUT2D eigenvalue weighted by Crippen LogP contribution is -2.13. The van der Waals surface area contributed by atoms with E-state index >= 15 is 0 Å². The molecule has 0 unspecified atom stereocenters. The van der Waals surface area contributed by atoms with Crippen LogP contribution >= 0.6 is 11.3 Å². The Morgan fingerprint density at radius 1 is 1.38 bits per heavy atom. The Morgan fingerprint density at radius 3 is 2.79 bits per heavy atom. The van der Waals surface area contributed by atoms with E-state index in [0.29, 0.717) is 11.4 Å². The van der Waals surface area contributed by atoms with Crippen molar-refractivity contribution in [3.63, 3.8) is 0 Å². The van der Waals surface area contributed by atoms with Gasteiger partial charge in [-0.25, -0.2) is 14.2 Å². The first-order valence-electron chi connectivity index (χ1n) is 6.89. The maximum absolute atomic E-state index is 13.2. The average molecular weight is 345 g/mol. The van der Waals surface area contributed by atoms with Crippen molar-refractivity contribution in [1.82, 2.24) is 9.97 Å². The number of benzene rings is 1. The third kappa shape index (κ3) is 3.04. The monoisotopic (exact) mass is 345 g/mol. The fourth-order valence-corrected chi connectivity index (χ4v) is 3.12. The Bertz CT molecular complexity index is 932. The summed E-state index contributed by atoms with van der Waals surface area (Å²) in [6.45, 7) is 1.80. The summed E-state index contributed by atoms with van der Waals surface area (Å²) in [6.07, 6.45) is 1.59. The van der Waals surface area contributed by atoms with E-state index in [4.69, 9.17) is 0 Å². The largest absolute Gasteiger partial charge is 0.478 e. The number of hydrogen-bond acceptors (Lipinski definition) is 4. The van der Waals surface area contributed by atoms with E-state index in [1.165, 1.54) is 18.2 Å². The van der Waals surface area contributed by atoms with Crippen LogP contribution in [-0.2, 0) is 0 Å². The summed E-state index contributed by atoms with van der Waals surface area (Å²) in [4.78, 5) is 30.9. The quantitative estimate of drug-likeness (QED) is 0.674. The number of nitrogens with one attached hydrogen (secondary N) is 2. The number of aromatic carboxylic acids is 1. The lowest BCUT2D eigenvalue weighted by molar-refractivity contribution is 0.0699. The number of aromatic nitrogens is 2. The van der Waals surface area contributed by atoms with Crippen LogP contribution in [-0.4, -0.2) is 27.0 Å². The highest BCUT2D eigenvalue weighted by molar-refractivity contribution is 7.15. The standard InChI is InChI=1S/C16H12FN3O3S/c1-8-6-18-13(19-8)11-7-24-15(12(11)16(22)23)20-14(21)9-3-2-4-10(17)5-9/h2-7H,1H3,(H,18,19)(H,20,21)(H,22,23). The van der Waals surface area contributed by atoms with Crippen LogP contribution in [0.4, 0.5) is 9.39 Å². The SMILES string of the molecule is Cc1cnc(-c2csc(NC(=O)c3cccc(F)c3)c2C(=O)O)[nH]1. The molecule has 0 saturated carbocycles. The van der Waals surface area contributed by atoms with Crippen LogP contribution in [0.2, 0.25) is 0 Å². The number of carbonyl (C=O) groups is 2. The molecule has 0 aliphatic rings. The molecule has 3 N–H and O–H groups in total. The molecule has 1 aromatic carbocycles. The van der Waals surface area contributed by atoms with Gasteiger partial charge in [-0.1, -0.05) is 6.07 Å². The van der Waals surface area contributed by atoms with Gasteiger partial charge in [0.25, 0.3) is 5.91 Å². The topological polar surface area (TPSA) is 95.1 Å². The van der Waals surface area contributed by atoms with Crippen molar-refractivity contribution in [3.8, 4) is 11.4 Å². The van der Waals surface area contributed by atoms with E-state index < -0.39 is 17.7 Å². The molecule has 122 valence electrons. The molecule has 1 amide bonds. The maximum Gasteiger partial charge on any atom is 0.339 e. The van der Waals surface area contributed by atoms with Crippen LogP contribution in [0.25, 0.3) is 11.4 Å². The predicted octanol–water partition coefficient (Wildman–Crippen LogP) is 3.54. The second-order valence-electron chi connectivity index (χ2n) is 5.04. The molecule has 0 aliphatic heterocycles. The number of rotatable bonds is 4. The van der Waals surface area contributed by atoms with Crippen LogP contribution in [0.15, 0.2) is 35.8 Å². The molecular weight excluding hydrogens is 333 g/mol. The number of aryl methyl sites for hydroxylation is 1. The Morgan fingerprint density at radius 2 is 2.17 bits per heavy atom. The molecule has 6 nitrogen and oxygen atoms in total. The van der Waals surface area contributed by atoms with Crippen LogP contribution in [0.3, 0.4) is 0 Å². The van der Waals surface area contributed by atoms with Crippen molar-refractivity contribution in [2.45, 2.75) is 6.92 Å². The Labute approximate surface area is 140 Å². The second-order valence-corrected chi connectivity index (χ2v) is 5.92. The highest BCUT2D eigenvalue weighted by Gasteiger charge is 2.23. The summed E-state index contributed by atoms with van der Waals surface area (Å²) in [5.41, 5.74) is 1.22. The summed E-state index contributed by atoms with van der Waals surface area (Å²) in [5.74, 6) is -1.90. The number of aromatic amines is 1. The number of H-pyrrole nitrogens is 1. The van der Waals surface area contributed by atoms with Crippen molar-refractivity contribution in [2.75, 3.05) is 5.32 Å². The first-order valence-corrected chi connectivity index (χ1v) is 7.77. The number of hydrogen-bond donors (Lipinski definition) is 3. The van der Waals surface area contributed by atoms with Gasteiger partial charge >= 0.3 is 5.97 Å². The van der Waals surface area contributed by atoms with Gasteiger partial charge in [0.15, 0.2) is 0 Å². The Balaban J connectivity index is 1.95. The molecule has 0 atom stereocenters. The smallest absolute Gasteiger partial charge is 0.339 e. The molecule has 8 heteroatoms. The molecule has 0 spiro atoms. The number of carboxylic acids is 1. The second kappa shape index (κ2) is 6.25. The van der Waals surface area contributed by atoms with Crippen molar-refractivity contribution in [3.05, 3.63) is 58.5 Å². The van der Waals surface area contributed by atoms with Gasteiger partial charge in [-0.05, 0) is 25.1 Å². The molecule has 3 rings (SSSR count). The zero-order valence-corrected chi connectivity index (χ0v) is 13.3. The molecule has 2 heterocycles. The molecule has 0 radical (unpaired) electrons. The molecule has 0 fully saturated rings. The minimum atomic E-state index is -1.19. The van der Waals surface area contributed by atoms with Gasteiger partial charge < -0.3 is 15.4 Å². The number of thiophene rings is 1. The first-order chi connectivity index (χ1) is 11.5. The average Bonchev–Trinajstić information content (AvgIpc) is 3.13. The molecule has 0 aliphatic carbocycles. The van der Waals surface area contributed by atoms with E-state index in [9.17, 15) is 19.1 Å². The molecule has 2 aromatic heterocycles. The molecular formula is C16H12FN3O3S. The normalized spacial score (nSPS) is 10.6.